The standard InChI is InChI=1S/C15H17NO2S/c1-11-3-4-12(2)13(7-11)19(17,18)15(10-16)8-14(9-15)5-6-14/h3-4,7H,5-6,8-9H2,1-2H3. The maximum Gasteiger partial charge on any atom is 0.197 e. The van der Waals surface area contributed by atoms with Crippen molar-refractivity contribution in [2.45, 2.75) is 49.2 Å². The zero-order valence-corrected chi connectivity index (χ0v) is 12.0. The maximum absolute atomic E-state index is 12.8. The van der Waals surface area contributed by atoms with Crippen LogP contribution in [-0.4, -0.2) is 13.2 Å². The molecule has 1 aromatic carbocycles. The van der Waals surface area contributed by atoms with Gasteiger partial charge in [-0.2, -0.15) is 5.26 Å². The van der Waals surface area contributed by atoms with Crippen molar-refractivity contribution in [3.05, 3.63) is 29.3 Å². The first kappa shape index (κ1) is 12.7. The second-order valence-corrected chi connectivity index (χ2v) is 8.46. The van der Waals surface area contributed by atoms with Gasteiger partial charge in [-0.3, -0.25) is 0 Å². The van der Waals surface area contributed by atoms with Crippen LogP contribution >= 0.6 is 0 Å². The molecule has 0 amide bonds. The normalized spacial score (nSPS) is 22.6. The molecule has 100 valence electrons. The lowest BCUT2D eigenvalue weighted by Gasteiger charge is -2.42. The molecule has 0 aromatic heterocycles. The van der Waals surface area contributed by atoms with Crippen LogP contribution in [0.15, 0.2) is 23.1 Å². The molecule has 0 atom stereocenters. The zero-order valence-electron chi connectivity index (χ0n) is 11.2. The number of benzene rings is 1. The second-order valence-electron chi connectivity index (χ2n) is 6.23. The van der Waals surface area contributed by atoms with E-state index in [0.717, 1.165) is 24.0 Å². The molecule has 0 aliphatic heterocycles. The van der Waals surface area contributed by atoms with Crippen molar-refractivity contribution in [2.75, 3.05) is 0 Å². The highest BCUT2D eigenvalue weighted by Crippen LogP contribution is 2.67. The van der Waals surface area contributed by atoms with E-state index in [2.05, 4.69) is 6.07 Å². The summed E-state index contributed by atoms with van der Waals surface area (Å²) in [6, 6.07) is 7.52. The van der Waals surface area contributed by atoms with E-state index in [0.29, 0.717) is 17.7 Å². The van der Waals surface area contributed by atoms with Crippen LogP contribution in [0, 0.1) is 30.6 Å². The Morgan fingerprint density at radius 3 is 2.37 bits per heavy atom. The average molecular weight is 275 g/mol. The summed E-state index contributed by atoms with van der Waals surface area (Å²) in [6.07, 6.45) is 3.20. The van der Waals surface area contributed by atoms with Crippen molar-refractivity contribution in [3.63, 3.8) is 0 Å². The zero-order chi connectivity index (χ0) is 13.9. The monoisotopic (exact) mass is 275 g/mol. The van der Waals surface area contributed by atoms with Crippen LogP contribution < -0.4 is 0 Å². The Morgan fingerprint density at radius 2 is 1.84 bits per heavy atom. The molecule has 3 rings (SSSR count). The first-order valence-corrected chi connectivity index (χ1v) is 8.06. The lowest BCUT2D eigenvalue weighted by molar-refractivity contribution is 0.238. The fourth-order valence-electron chi connectivity index (χ4n) is 3.23. The summed E-state index contributed by atoms with van der Waals surface area (Å²) >= 11 is 0. The van der Waals surface area contributed by atoms with Crippen molar-refractivity contribution < 1.29 is 8.42 Å². The van der Waals surface area contributed by atoms with E-state index in [1.807, 2.05) is 19.1 Å². The Kier molecular flexibility index (Phi) is 2.41. The van der Waals surface area contributed by atoms with Gasteiger partial charge < -0.3 is 0 Å². The third kappa shape index (κ3) is 1.64. The van der Waals surface area contributed by atoms with Crippen molar-refractivity contribution in [3.8, 4) is 6.07 Å². The van der Waals surface area contributed by atoms with E-state index in [4.69, 9.17) is 0 Å². The van der Waals surface area contributed by atoms with E-state index >= 15 is 0 Å². The van der Waals surface area contributed by atoms with Crippen LogP contribution in [0.4, 0.5) is 0 Å². The van der Waals surface area contributed by atoms with Gasteiger partial charge in [0.05, 0.1) is 11.0 Å². The number of hydrogen-bond donors (Lipinski definition) is 0. The molecule has 0 saturated heterocycles. The SMILES string of the molecule is Cc1ccc(C)c(S(=O)(=O)C2(C#N)CC3(CC3)C2)c1. The van der Waals surface area contributed by atoms with E-state index < -0.39 is 14.6 Å². The first-order chi connectivity index (χ1) is 8.84. The third-order valence-corrected chi connectivity index (χ3v) is 7.06. The van der Waals surface area contributed by atoms with E-state index in [1.54, 1.807) is 13.0 Å². The number of hydrogen-bond acceptors (Lipinski definition) is 3. The summed E-state index contributed by atoms with van der Waals surface area (Å²) in [7, 11) is -3.56. The van der Waals surface area contributed by atoms with Gasteiger partial charge in [-0.25, -0.2) is 8.42 Å². The fourth-order valence-corrected chi connectivity index (χ4v) is 5.59. The van der Waals surface area contributed by atoms with Crippen LogP contribution in [-0.2, 0) is 9.84 Å². The molecular weight excluding hydrogens is 258 g/mol. The van der Waals surface area contributed by atoms with Crippen LogP contribution in [0.5, 0.6) is 0 Å². The number of sulfone groups is 1. The highest BCUT2D eigenvalue weighted by atomic mass is 32.2. The molecule has 1 spiro atoms. The molecular formula is C15H17NO2S. The summed E-state index contributed by atoms with van der Waals surface area (Å²) in [5, 5.41) is 9.42. The molecule has 2 aliphatic carbocycles. The molecule has 0 bridgehead atoms. The van der Waals surface area contributed by atoms with E-state index in [1.165, 1.54) is 0 Å². The van der Waals surface area contributed by atoms with Crippen LogP contribution in [0.1, 0.15) is 36.8 Å². The van der Waals surface area contributed by atoms with Crippen molar-refractivity contribution in [1.82, 2.24) is 0 Å². The Balaban J connectivity index is 2.08. The average Bonchev–Trinajstić information content (AvgIpc) is 3.09. The third-order valence-electron chi connectivity index (χ3n) is 4.63. The topological polar surface area (TPSA) is 57.9 Å². The van der Waals surface area contributed by atoms with Gasteiger partial charge in [0.25, 0.3) is 0 Å². The van der Waals surface area contributed by atoms with Gasteiger partial charge in [-0.1, -0.05) is 12.1 Å². The van der Waals surface area contributed by atoms with Crippen molar-refractivity contribution in [2.24, 2.45) is 5.41 Å². The summed E-state index contributed by atoms with van der Waals surface area (Å²) in [5.41, 5.74) is 1.83. The van der Waals surface area contributed by atoms with Crippen molar-refractivity contribution >= 4 is 9.84 Å². The molecule has 19 heavy (non-hydrogen) atoms. The Labute approximate surface area is 114 Å². The first-order valence-electron chi connectivity index (χ1n) is 6.57. The van der Waals surface area contributed by atoms with E-state index in [9.17, 15) is 13.7 Å². The smallest absolute Gasteiger partial charge is 0.197 e. The molecule has 2 fully saturated rings. The molecule has 2 saturated carbocycles. The predicted molar refractivity (Wildman–Crippen MR) is 72.3 cm³/mol. The lowest BCUT2D eigenvalue weighted by atomic mass is 9.72. The molecule has 0 radical (unpaired) electrons. The molecule has 0 unspecified atom stereocenters. The van der Waals surface area contributed by atoms with Crippen LogP contribution in [0.25, 0.3) is 0 Å². The van der Waals surface area contributed by atoms with Gasteiger partial charge in [0, 0.05) is 0 Å². The van der Waals surface area contributed by atoms with Gasteiger partial charge in [-0.15, -0.1) is 0 Å². The molecule has 1 aromatic rings. The molecule has 2 aliphatic rings. The highest BCUT2D eigenvalue weighted by molar-refractivity contribution is 7.93. The predicted octanol–water partition coefficient (Wildman–Crippen LogP) is 2.91. The number of nitrogens with zero attached hydrogens (tertiary/aromatic N) is 1. The van der Waals surface area contributed by atoms with Gasteiger partial charge in [0.1, 0.15) is 0 Å². The minimum absolute atomic E-state index is 0.181. The van der Waals surface area contributed by atoms with Gasteiger partial charge >= 0.3 is 0 Å². The molecule has 0 N–H and O–H groups in total. The fraction of sp³-hybridized carbons (Fsp3) is 0.533. The summed E-state index contributed by atoms with van der Waals surface area (Å²) < 4.78 is 24.5. The largest absolute Gasteiger partial charge is 0.222 e. The lowest BCUT2D eigenvalue weighted by Crippen LogP contribution is -2.50. The van der Waals surface area contributed by atoms with Crippen LogP contribution in [0.2, 0.25) is 0 Å². The number of aryl methyl sites for hydroxylation is 2. The Hall–Kier alpha value is -1.34. The molecule has 4 heteroatoms. The van der Waals surface area contributed by atoms with Crippen LogP contribution in [0.3, 0.4) is 0 Å². The minimum atomic E-state index is -3.56. The Morgan fingerprint density at radius 1 is 1.21 bits per heavy atom. The van der Waals surface area contributed by atoms with Gasteiger partial charge in [0.15, 0.2) is 14.6 Å². The maximum atomic E-state index is 12.8. The summed E-state index contributed by atoms with van der Waals surface area (Å²) in [4.78, 5) is 0.338. The minimum Gasteiger partial charge on any atom is -0.222 e. The van der Waals surface area contributed by atoms with E-state index in [-0.39, 0.29) is 5.41 Å². The number of rotatable bonds is 2. The quantitative estimate of drug-likeness (QED) is 0.833. The molecule has 3 nitrogen and oxygen atoms in total. The molecule has 0 heterocycles. The van der Waals surface area contributed by atoms with Gasteiger partial charge in [0.2, 0.25) is 0 Å². The highest BCUT2D eigenvalue weighted by Gasteiger charge is 2.67. The van der Waals surface area contributed by atoms with Crippen molar-refractivity contribution in [1.29, 1.82) is 5.26 Å². The Bertz CT molecular complexity index is 685. The number of nitriles is 1. The van der Waals surface area contributed by atoms with Gasteiger partial charge in [-0.05, 0) is 62.1 Å². The summed E-state index contributed by atoms with van der Waals surface area (Å²) in [5.74, 6) is 0. The summed E-state index contributed by atoms with van der Waals surface area (Å²) in [6.45, 7) is 3.67. The second kappa shape index (κ2) is 3.61.